The molecule has 0 bridgehead atoms. The summed E-state index contributed by atoms with van der Waals surface area (Å²) >= 11 is 0. The Labute approximate surface area is 102 Å². The zero-order chi connectivity index (χ0) is 11.9. The highest BCUT2D eigenvalue weighted by molar-refractivity contribution is 5.49. The van der Waals surface area contributed by atoms with Gasteiger partial charge >= 0.3 is 0 Å². The standard InChI is InChI=1S/C16H16O/c1-17-16-12-10-15(11-13-16)9-5-8-14-6-3-2-4-7-14/h2-8,10-13H,9H2,1H3. The lowest BCUT2D eigenvalue weighted by molar-refractivity contribution is 0.414. The Morgan fingerprint density at radius 2 is 1.65 bits per heavy atom. The molecule has 2 aromatic rings. The molecule has 0 saturated heterocycles. The Morgan fingerprint density at radius 3 is 2.29 bits per heavy atom. The summed E-state index contributed by atoms with van der Waals surface area (Å²) in [6.45, 7) is 0. The smallest absolute Gasteiger partial charge is 0.118 e. The Hall–Kier alpha value is -2.02. The number of allylic oxidation sites excluding steroid dienone is 1. The van der Waals surface area contributed by atoms with Gasteiger partial charge in [-0.3, -0.25) is 0 Å². The van der Waals surface area contributed by atoms with Crippen molar-refractivity contribution >= 4 is 6.08 Å². The topological polar surface area (TPSA) is 9.23 Å². The van der Waals surface area contributed by atoms with E-state index in [0.717, 1.165) is 12.2 Å². The highest BCUT2D eigenvalue weighted by Gasteiger charge is 1.91. The average Bonchev–Trinajstić information content (AvgIpc) is 2.41. The van der Waals surface area contributed by atoms with Gasteiger partial charge in [0.25, 0.3) is 0 Å². The van der Waals surface area contributed by atoms with E-state index in [9.17, 15) is 0 Å². The van der Waals surface area contributed by atoms with Crippen LogP contribution in [0.15, 0.2) is 60.7 Å². The Bertz CT molecular complexity index is 469. The first kappa shape index (κ1) is 11.5. The maximum atomic E-state index is 5.12. The number of benzene rings is 2. The molecule has 0 spiro atoms. The lowest BCUT2D eigenvalue weighted by Gasteiger charge is -2.00. The quantitative estimate of drug-likeness (QED) is 0.764. The normalized spacial score (nSPS) is 10.6. The summed E-state index contributed by atoms with van der Waals surface area (Å²) in [4.78, 5) is 0. The van der Waals surface area contributed by atoms with Gasteiger partial charge in [-0.05, 0) is 29.7 Å². The van der Waals surface area contributed by atoms with Crippen LogP contribution in [-0.2, 0) is 6.42 Å². The first-order valence-corrected chi connectivity index (χ1v) is 5.73. The molecule has 0 atom stereocenters. The summed E-state index contributed by atoms with van der Waals surface area (Å²) in [5, 5.41) is 0. The summed E-state index contributed by atoms with van der Waals surface area (Å²) in [6.07, 6.45) is 5.26. The summed E-state index contributed by atoms with van der Waals surface area (Å²) in [7, 11) is 1.68. The summed E-state index contributed by atoms with van der Waals surface area (Å²) in [5.74, 6) is 0.904. The van der Waals surface area contributed by atoms with Crippen molar-refractivity contribution in [2.45, 2.75) is 6.42 Å². The third kappa shape index (κ3) is 3.49. The molecule has 0 aliphatic rings. The summed E-state index contributed by atoms with van der Waals surface area (Å²) in [5.41, 5.74) is 2.53. The van der Waals surface area contributed by atoms with Crippen molar-refractivity contribution < 1.29 is 4.74 Å². The molecule has 86 valence electrons. The minimum absolute atomic E-state index is 0.904. The van der Waals surface area contributed by atoms with E-state index in [4.69, 9.17) is 4.74 Å². The number of rotatable bonds is 4. The molecule has 1 nitrogen and oxygen atoms in total. The second-order valence-corrected chi connectivity index (χ2v) is 3.87. The van der Waals surface area contributed by atoms with Crippen LogP contribution in [0.5, 0.6) is 5.75 Å². The Morgan fingerprint density at radius 1 is 0.941 bits per heavy atom. The summed E-state index contributed by atoms with van der Waals surface area (Å²) < 4.78 is 5.12. The van der Waals surface area contributed by atoms with Gasteiger partial charge in [0.2, 0.25) is 0 Å². The van der Waals surface area contributed by atoms with E-state index < -0.39 is 0 Å². The van der Waals surface area contributed by atoms with Crippen molar-refractivity contribution in [3.63, 3.8) is 0 Å². The molecule has 0 N–H and O–H groups in total. The predicted octanol–water partition coefficient (Wildman–Crippen LogP) is 3.95. The highest BCUT2D eigenvalue weighted by Crippen LogP contribution is 2.12. The molecule has 0 amide bonds. The van der Waals surface area contributed by atoms with Gasteiger partial charge in [0.15, 0.2) is 0 Å². The third-order valence-electron chi connectivity index (χ3n) is 2.62. The van der Waals surface area contributed by atoms with Gasteiger partial charge in [-0.25, -0.2) is 0 Å². The number of ether oxygens (including phenoxy) is 1. The van der Waals surface area contributed by atoms with Crippen LogP contribution in [0.1, 0.15) is 11.1 Å². The van der Waals surface area contributed by atoms with Crippen LogP contribution in [0, 0.1) is 0 Å². The molecule has 0 saturated carbocycles. The van der Waals surface area contributed by atoms with E-state index in [2.05, 4.69) is 36.4 Å². The van der Waals surface area contributed by atoms with Crippen molar-refractivity contribution in [1.82, 2.24) is 0 Å². The van der Waals surface area contributed by atoms with E-state index in [-0.39, 0.29) is 0 Å². The van der Waals surface area contributed by atoms with Crippen molar-refractivity contribution in [3.8, 4) is 5.75 Å². The van der Waals surface area contributed by atoms with Crippen molar-refractivity contribution in [3.05, 3.63) is 71.8 Å². The van der Waals surface area contributed by atoms with E-state index in [1.165, 1.54) is 11.1 Å². The van der Waals surface area contributed by atoms with Gasteiger partial charge in [-0.15, -0.1) is 0 Å². The van der Waals surface area contributed by atoms with E-state index in [1.54, 1.807) is 7.11 Å². The monoisotopic (exact) mass is 224 g/mol. The van der Waals surface area contributed by atoms with Gasteiger partial charge in [-0.1, -0.05) is 54.6 Å². The Kier molecular flexibility index (Phi) is 3.98. The molecular weight excluding hydrogens is 208 g/mol. The second kappa shape index (κ2) is 5.90. The van der Waals surface area contributed by atoms with Crippen LogP contribution < -0.4 is 4.74 Å². The first-order chi connectivity index (χ1) is 8.38. The van der Waals surface area contributed by atoms with Crippen LogP contribution in [0.3, 0.4) is 0 Å². The van der Waals surface area contributed by atoms with Crippen LogP contribution in [0.4, 0.5) is 0 Å². The minimum atomic E-state index is 0.904. The van der Waals surface area contributed by atoms with E-state index in [0.29, 0.717) is 0 Å². The van der Waals surface area contributed by atoms with Gasteiger partial charge in [0.1, 0.15) is 5.75 Å². The molecule has 0 radical (unpaired) electrons. The number of hydrogen-bond donors (Lipinski definition) is 0. The van der Waals surface area contributed by atoms with Crippen LogP contribution in [0.25, 0.3) is 6.08 Å². The summed E-state index contributed by atoms with van der Waals surface area (Å²) in [6, 6.07) is 18.5. The van der Waals surface area contributed by atoms with Crippen LogP contribution in [-0.4, -0.2) is 7.11 Å². The fraction of sp³-hybridized carbons (Fsp3) is 0.125. The molecule has 1 heteroatoms. The molecule has 0 aromatic heterocycles. The fourth-order valence-corrected chi connectivity index (χ4v) is 1.66. The van der Waals surface area contributed by atoms with Gasteiger partial charge in [0, 0.05) is 0 Å². The van der Waals surface area contributed by atoms with Crippen molar-refractivity contribution in [2.24, 2.45) is 0 Å². The van der Waals surface area contributed by atoms with Gasteiger partial charge in [-0.2, -0.15) is 0 Å². The maximum absolute atomic E-state index is 5.12. The zero-order valence-electron chi connectivity index (χ0n) is 9.97. The van der Waals surface area contributed by atoms with Crippen molar-refractivity contribution in [1.29, 1.82) is 0 Å². The average molecular weight is 224 g/mol. The molecular formula is C16H16O. The predicted molar refractivity (Wildman–Crippen MR) is 72.2 cm³/mol. The van der Waals surface area contributed by atoms with E-state index >= 15 is 0 Å². The SMILES string of the molecule is COc1ccc(CC=Cc2ccccc2)cc1. The van der Waals surface area contributed by atoms with Crippen LogP contribution in [0.2, 0.25) is 0 Å². The molecule has 0 aliphatic heterocycles. The second-order valence-electron chi connectivity index (χ2n) is 3.87. The van der Waals surface area contributed by atoms with E-state index in [1.807, 2.05) is 30.3 Å². The molecule has 17 heavy (non-hydrogen) atoms. The van der Waals surface area contributed by atoms with Gasteiger partial charge < -0.3 is 4.74 Å². The molecule has 0 aliphatic carbocycles. The largest absolute Gasteiger partial charge is 0.497 e. The molecule has 2 rings (SSSR count). The first-order valence-electron chi connectivity index (χ1n) is 5.73. The third-order valence-corrected chi connectivity index (χ3v) is 2.62. The van der Waals surface area contributed by atoms with Crippen molar-refractivity contribution in [2.75, 3.05) is 7.11 Å². The molecule has 2 aromatic carbocycles. The zero-order valence-corrected chi connectivity index (χ0v) is 9.97. The number of hydrogen-bond acceptors (Lipinski definition) is 1. The Balaban J connectivity index is 1.95. The van der Waals surface area contributed by atoms with Crippen LogP contribution >= 0.6 is 0 Å². The molecule has 0 heterocycles. The maximum Gasteiger partial charge on any atom is 0.118 e. The lowest BCUT2D eigenvalue weighted by atomic mass is 10.1. The fourth-order valence-electron chi connectivity index (χ4n) is 1.66. The molecule has 0 fully saturated rings. The number of methoxy groups -OCH3 is 1. The minimum Gasteiger partial charge on any atom is -0.497 e. The highest BCUT2D eigenvalue weighted by atomic mass is 16.5. The van der Waals surface area contributed by atoms with Gasteiger partial charge in [0.05, 0.1) is 7.11 Å². The molecule has 0 unspecified atom stereocenters. The lowest BCUT2D eigenvalue weighted by Crippen LogP contribution is -1.84.